The molecule has 0 aromatic carbocycles. The number of oxazole rings is 1. The molecule has 0 spiro atoms. The summed E-state index contributed by atoms with van der Waals surface area (Å²) in [7, 11) is 0. The van der Waals surface area contributed by atoms with Crippen LogP contribution >= 0.6 is 0 Å². The van der Waals surface area contributed by atoms with Gasteiger partial charge in [-0.05, 0) is 17.7 Å². The molecule has 5 rings (SSSR count). The maximum absolute atomic E-state index is 12.2. The number of anilines is 1. The molecule has 8 heteroatoms. The van der Waals surface area contributed by atoms with E-state index in [1.54, 1.807) is 11.2 Å². The van der Waals surface area contributed by atoms with Crippen LogP contribution < -0.4 is 4.90 Å². The minimum Gasteiger partial charge on any atom is -0.449 e. The van der Waals surface area contributed by atoms with Crippen LogP contribution in [0.15, 0.2) is 22.9 Å². The highest BCUT2D eigenvalue weighted by Crippen LogP contribution is 2.36. The van der Waals surface area contributed by atoms with Crippen molar-refractivity contribution in [2.45, 2.75) is 19.4 Å². The Kier molecular flexibility index (Phi) is 4.27. The number of carbonyl (C=O) groups is 1. The Hall–Kier alpha value is -2.87. The second kappa shape index (κ2) is 6.94. The summed E-state index contributed by atoms with van der Waals surface area (Å²) >= 11 is 0. The van der Waals surface area contributed by atoms with Crippen LogP contribution in [0.5, 0.6) is 0 Å². The van der Waals surface area contributed by atoms with Crippen LogP contribution in [0.4, 0.5) is 10.5 Å². The fourth-order valence-corrected chi connectivity index (χ4v) is 3.79. The molecule has 146 valence electrons. The van der Waals surface area contributed by atoms with E-state index in [-0.39, 0.29) is 12.2 Å². The molecule has 2 saturated heterocycles. The van der Waals surface area contributed by atoms with Gasteiger partial charge in [-0.2, -0.15) is 0 Å². The van der Waals surface area contributed by atoms with Gasteiger partial charge in [-0.25, -0.2) is 9.78 Å². The first-order valence-corrected chi connectivity index (χ1v) is 9.56. The first-order valence-electron chi connectivity index (χ1n) is 9.56. The standard InChI is InChI=1S/C20H22N4O4/c1-13-22-18(12-27-13)14-8-16-17(9-14)21-3-2-19(16)23-4-6-24(7-5-23)20(25)28-15-10-26-11-15/h2-3,8,12,15H,4-7,9-11H2,1H3. The van der Waals surface area contributed by atoms with Gasteiger partial charge in [0.25, 0.3) is 0 Å². The van der Waals surface area contributed by atoms with Crippen LogP contribution in [-0.2, 0) is 15.9 Å². The van der Waals surface area contributed by atoms with Gasteiger partial charge in [0, 0.05) is 57.0 Å². The predicted octanol–water partition coefficient (Wildman–Crippen LogP) is 2.13. The van der Waals surface area contributed by atoms with Gasteiger partial charge in [-0.15, -0.1) is 0 Å². The number of ether oxygens (including phenoxy) is 2. The van der Waals surface area contributed by atoms with Gasteiger partial charge in [0.15, 0.2) is 12.0 Å². The zero-order valence-electron chi connectivity index (χ0n) is 15.8. The molecule has 0 N–H and O–H groups in total. The summed E-state index contributed by atoms with van der Waals surface area (Å²) < 4.78 is 15.8. The monoisotopic (exact) mass is 382 g/mol. The van der Waals surface area contributed by atoms with Crippen molar-refractivity contribution in [2.75, 3.05) is 44.3 Å². The van der Waals surface area contributed by atoms with Crippen LogP contribution in [-0.4, -0.2) is 66.5 Å². The van der Waals surface area contributed by atoms with E-state index in [4.69, 9.17) is 13.9 Å². The van der Waals surface area contributed by atoms with Crippen molar-refractivity contribution in [1.29, 1.82) is 0 Å². The Morgan fingerprint density at radius 3 is 2.75 bits per heavy atom. The number of nitrogens with zero attached hydrogens (tertiary/aromatic N) is 4. The lowest BCUT2D eigenvalue weighted by Gasteiger charge is -2.37. The predicted molar refractivity (Wildman–Crippen MR) is 102 cm³/mol. The van der Waals surface area contributed by atoms with Crippen LogP contribution in [0, 0.1) is 6.92 Å². The smallest absolute Gasteiger partial charge is 0.410 e. The Labute approximate surface area is 162 Å². The maximum Gasteiger partial charge on any atom is 0.410 e. The molecular formula is C20H22N4O4. The SMILES string of the molecule is Cc1nc(C2=Cc3c(N4CCN(C(=O)OC5COC5)CC4)ccnc3C2)co1. The molecule has 4 heterocycles. The van der Waals surface area contributed by atoms with Crippen molar-refractivity contribution in [1.82, 2.24) is 14.9 Å². The summed E-state index contributed by atoms with van der Waals surface area (Å²) in [4.78, 5) is 25.3. The fraction of sp³-hybridized carbons (Fsp3) is 0.450. The van der Waals surface area contributed by atoms with Gasteiger partial charge in [-0.3, -0.25) is 4.98 Å². The Balaban J connectivity index is 1.29. The number of rotatable bonds is 3. The van der Waals surface area contributed by atoms with E-state index in [9.17, 15) is 4.79 Å². The van der Waals surface area contributed by atoms with Crippen LogP contribution in [0.1, 0.15) is 22.8 Å². The molecule has 1 amide bonds. The zero-order valence-corrected chi connectivity index (χ0v) is 15.8. The number of carbonyl (C=O) groups excluding carboxylic acids is 1. The molecule has 0 saturated carbocycles. The molecule has 8 nitrogen and oxygen atoms in total. The van der Waals surface area contributed by atoms with E-state index in [0.717, 1.165) is 47.7 Å². The summed E-state index contributed by atoms with van der Waals surface area (Å²) in [6.07, 6.45) is 6.15. The molecule has 0 radical (unpaired) electrons. The van der Waals surface area contributed by atoms with Crippen LogP contribution in [0.25, 0.3) is 11.6 Å². The first-order chi connectivity index (χ1) is 13.7. The molecular weight excluding hydrogens is 360 g/mol. The lowest BCUT2D eigenvalue weighted by atomic mass is 10.1. The van der Waals surface area contributed by atoms with Gasteiger partial charge in [0.1, 0.15) is 12.0 Å². The second-order valence-electron chi connectivity index (χ2n) is 7.31. The highest BCUT2D eigenvalue weighted by Gasteiger charge is 2.29. The molecule has 2 aliphatic heterocycles. The Bertz CT molecular complexity index is 926. The normalized spacial score (nSPS) is 19.2. The van der Waals surface area contributed by atoms with Crippen molar-refractivity contribution in [3.63, 3.8) is 0 Å². The summed E-state index contributed by atoms with van der Waals surface area (Å²) in [5.74, 6) is 0.663. The number of aromatic nitrogens is 2. The third-order valence-electron chi connectivity index (χ3n) is 5.43. The number of aryl methyl sites for hydroxylation is 1. The van der Waals surface area contributed by atoms with Crippen LogP contribution in [0.2, 0.25) is 0 Å². The molecule has 2 aromatic heterocycles. The van der Waals surface area contributed by atoms with Gasteiger partial charge >= 0.3 is 6.09 Å². The number of pyridine rings is 1. The van der Waals surface area contributed by atoms with Crippen molar-refractivity contribution >= 4 is 23.4 Å². The van der Waals surface area contributed by atoms with Crippen molar-refractivity contribution in [2.24, 2.45) is 0 Å². The van der Waals surface area contributed by atoms with Crippen molar-refractivity contribution in [3.8, 4) is 0 Å². The molecule has 0 atom stereocenters. The number of allylic oxidation sites excluding steroid dienone is 1. The summed E-state index contributed by atoms with van der Waals surface area (Å²) in [6.45, 7) is 5.67. The minimum atomic E-state index is -0.239. The zero-order chi connectivity index (χ0) is 19.1. The highest BCUT2D eigenvalue weighted by atomic mass is 16.6. The summed E-state index contributed by atoms with van der Waals surface area (Å²) in [5.41, 5.74) is 5.34. The molecule has 0 bridgehead atoms. The molecule has 28 heavy (non-hydrogen) atoms. The van der Waals surface area contributed by atoms with E-state index in [1.165, 1.54) is 0 Å². The average Bonchev–Trinajstić information content (AvgIpc) is 3.30. The first kappa shape index (κ1) is 17.2. The molecule has 3 aliphatic rings. The number of piperazine rings is 1. The fourth-order valence-electron chi connectivity index (χ4n) is 3.79. The van der Waals surface area contributed by atoms with E-state index < -0.39 is 0 Å². The Morgan fingerprint density at radius 1 is 1.25 bits per heavy atom. The average molecular weight is 382 g/mol. The van der Waals surface area contributed by atoms with Gasteiger partial charge in [0.2, 0.25) is 0 Å². The van der Waals surface area contributed by atoms with Gasteiger partial charge < -0.3 is 23.7 Å². The van der Waals surface area contributed by atoms with E-state index >= 15 is 0 Å². The molecule has 1 aliphatic carbocycles. The maximum atomic E-state index is 12.2. The number of hydrogen-bond donors (Lipinski definition) is 0. The number of hydrogen-bond acceptors (Lipinski definition) is 7. The third-order valence-corrected chi connectivity index (χ3v) is 5.43. The topological polar surface area (TPSA) is 80.9 Å². The number of amides is 1. The van der Waals surface area contributed by atoms with E-state index in [0.29, 0.717) is 32.2 Å². The number of fused-ring (bicyclic) bond motifs is 1. The van der Waals surface area contributed by atoms with Crippen molar-refractivity contribution in [3.05, 3.63) is 41.4 Å². The van der Waals surface area contributed by atoms with Gasteiger partial charge in [-0.1, -0.05) is 0 Å². The molecule has 2 fully saturated rings. The largest absolute Gasteiger partial charge is 0.449 e. The second-order valence-corrected chi connectivity index (χ2v) is 7.31. The lowest BCUT2D eigenvalue weighted by Crippen LogP contribution is -2.51. The molecule has 2 aromatic rings. The van der Waals surface area contributed by atoms with E-state index in [1.807, 2.05) is 19.2 Å². The quantitative estimate of drug-likeness (QED) is 0.804. The van der Waals surface area contributed by atoms with Crippen molar-refractivity contribution < 1.29 is 18.7 Å². The minimum absolute atomic E-state index is 0.0854. The molecule has 0 unspecified atom stereocenters. The third kappa shape index (κ3) is 3.13. The highest BCUT2D eigenvalue weighted by molar-refractivity contribution is 5.90. The summed E-state index contributed by atoms with van der Waals surface area (Å²) in [6, 6.07) is 2.05. The van der Waals surface area contributed by atoms with Gasteiger partial charge in [0.05, 0.1) is 18.9 Å². The van der Waals surface area contributed by atoms with E-state index in [2.05, 4.69) is 20.9 Å². The lowest BCUT2D eigenvalue weighted by molar-refractivity contribution is -0.104. The van der Waals surface area contributed by atoms with Crippen LogP contribution in [0.3, 0.4) is 0 Å². The Morgan fingerprint density at radius 2 is 2.07 bits per heavy atom. The summed E-state index contributed by atoms with van der Waals surface area (Å²) in [5, 5.41) is 0.